The van der Waals surface area contributed by atoms with E-state index in [1.54, 1.807) is 0 Å². The zero-order valence-electron chi connectivity index (χ0n) is 9.29. The average molecular weight is 220 g/mol. The minimum absolute atomic E-state index is 0.147. The molecule has 0 aliphatic carbocycles. The summed E-state index contributed by atoms with van der Waals surface area (Å²) in [7, 11) is 0. The number of nitrogens with one attached hydrogen (secondary N) is 2. The molecule has 1 saturated heterocycles. The van der Waals surface area contributed by atoms with Gasteiger partial charge in [0.25, 0.3) is 0 Å². The Hall–Kier alpha value is -1.55. The fourth-order valence-corrected chi connectivity index (χ4v) is 1.92. The first-order valence-corrected chi connectivity index (χ1v) is 5.37. The van der Waals surface area contributed by atoms with Crippen LogP contribution in [0.1, 0.15) is 12.0 Å². The number of hydrogen-bond acceptors (Lipinski definition) is 3. The minimum atomic E-state index is -0.763. The zero-order valence-corrected chi connectivity index (χ0v) is 9.29. The van der Waals surface area contributed by atoms with Crippen LogP contribution in [0.3, 0.4) is 0 Å². The Morgan fingerprint density at radius 2 is 2.06 bits per heavy atom. The number of carbonyl (C=O) groups is 1. The van der Waals surface area contributed by atoms with Crippen molar-refractivity contribution in [2.75, 3.05) is 18.4 Å². The summed E-state index contributed by atoms with van der Waals surface area (Å²) in [4.78, 5) is 10.8. The van der Waals surface area contributed by atoms with Crippen LogP contribution in [-0.2, 0) is 4.79 Å². The molecule has 2 rings (SSSR count). The molecule has 1 fully saturated rings. The van der Waals surface area contributed by atoms with Crippen molar-refractivity contribution in [3.63, 3.8) is 0 Å². The van der Waals surface area contributed by atoms with Crippen LogP contribution in [-0.4, -0.2) is 29.7 Å². The van der Waals surface area contributed by atoms with Crippen LogP contribution in [0.4, 0.5) is 5.69 Å². The van der Waals surface area contributed by atoms with Crippen LogP contribution in [0, 0.1) is 6.92 Å². The topological polar surface area (TPSA) is 61.4 Å². The summed E-state index contributed by atoms with van der Waals surface area (Å²) in [6, 6.07) is 8.00. The molecule has 0 bridgehead atoms. The van der Waals surface area contributed by atoms with Gasteiger partial charge in [0.1, 0.15) is 0 Å². The summed E-state index contributed by atoms with van der Waals surface area (Å²) in [5, 5.41) is 15.3. The number of anilines is 1. The van der Waals surface area contributed by atoms with Crippen LogP contribution in [0.5, 0.6) is 0 Å². The van der Waals surface area contributed by atoms with Crippen molar-refractivity contribution >= 4 is 11.7 Å². The number of aliphatic carboxylic acids is 1. The number of carboxylic acid groups (broad SMARTS) is 1. The van der Waals surface area contributed by atoms with Gasteiger partial charge in [0.05, 0.1) is 12.0 Å². The van der Waals surface area contributed by atoms with Gasteiger partial charge in [-0.25, -0.2) is 0 Å². The van der Waals surface area contributed by atoms with Gasteiger partial charge < -0.3 is 15.7 Å². The van der Waals surface area contributed by atoms with E-state index in [1.807, 2.05) is 31.2 Å². The average Bonchev–Trinajstić information content (AvgIpc) is 2.17. The lowest BCUT2D eigenvalue weighted by Crippen LogP contribution is -2.65. The normalized spacial score (nSPS) is 17.6. The summed E-state index contributed by atoms with van der Waals surface area (Å²) in [6.45, 7) is 3.43. The van der Waals surface area contributed by atoms with Crippen LogP contribution in [0.2, 0.25) is 0 Å². The first kappa shape index (κ1) is 11.0. The molecular formula is C12H16N2O2. The van der Waals surface area contributed by atoms with Crippen LogP contribution in [0.25, 0.3) is 0 Å². The maximum absolute atomic E-state index is 10.8. The van der Waals surface area contributed by atoms with Gasteiger partial charge in [-0.1, -0.05) is 17.7 Å². The van der Waals surface area contributed by atoms with Gasteiger partial charge in [0, 0.05) is 18.8 Å². The molecule has 4 nitrogen and oxygen atoms in total. The molecule has 16 heavy (non-hydrogen) atoms. The van der Waals surface area contributed by atoms with E-state index >= 15 is 0 Å². The quantitative estimate of drug-likeness (QED) is 0.714. The van der Waals surface area contributed by atoms with Gasteiger partial charge in [0.2, 0.25) is 0 Å². The van der Waals surface area contributed by atoms with Crippen LogP contribution >= 0.6 is 0 Å². The molecule has 0 radical (unpaired) electrons. The van der Waals surface area contributed by atoms with Crippen LogP contribution < -0.4 is 10.6 Å². The molecule has 0 spiro atoms. The smallest absolute Gasteiger partial charge is 0.305 e. The second kappa shape index (κ2) is 4.14. The fourth-order valence-electron chi connectivity index (χ4n) is 1.92. The molecule has 4 heteroatoms. The standard InChI is InChI=1S/C12H16N2O2/c1-9-2-4-10(5-3-9)14-12(6-11(15)16)7-13-8-12/h2-5,13-14H,6-8H2,1H3,(H,15,16). The molecule has 1 aliphatic heterocycles. The molecule has 1 aliphatic rings. The highest BCUT2D eigenvalue weighted by atomic mass is 16.4. The number of hydrogen-bond donors (Lipinski definition) is 3. The van der Waals surface area contributed by atoms with Crippen molar-refractivity contribution < 1.29 is 9.90 Å². The van der Waals surface area contributed by atoms with Gasteiger partial charge in [-0.05, 0) is 19.1 Å². The number of aryl methyl sites for hydroxylation is 1. The van der Waals surface area contributed by atoms with Gasteiger partial charge in [-0.2, -0.15) is 0 Å². The SMILES string of the molecule is Cc1ccc(NC2(CC(=O)O)CNC2)cc1. The Morgan fingerprint density at radius 1 is 1.44 bits per heavy atom. The van der Waals surface area contributed by atoms with Crippen molar-refractivity contribution in [3.05, 3.63) is 29.8 Å². The van der Waals surface area contributed by atoms with Crippen molar-refractivity contribution in [2.24, 2.45) is 0 Å². The van der Waals surface area contributed by atoms with Crippen molar-refractivity contribution in [1.82, 2.24) is 5.32 Å². The van der Waals surface area contributed by atoms with E-state index in [4.69, 9.17) is 5.11 Å². The van der Waals surface area contributed by atoms with E-state index < -0.39 is 5.97 Å². The predicted molar refractivity (Wildman–Crippen MR) is 62.7 cm³/mol. The van der Waals surface area contributed by atoms with Crippen molar-refractivity contribution in [1.29, 1.82) is 0 Å². The fraction of sp³-hybridized carbons (Fsp3) is 0.417. The first-order chi connectivity index (χ1) is 7.60. The summed E-state index contributed by atoms with van der Waals surface area (Å²) in [5.74, 6) is -0.763. The summed E-state index contributed by atoms with van der Waals surface area (Å²) in [5.41, 5.74) is 1.86. The Bertz CT molecular complexity index is 383. The molecule has 1 aromatic rings. The van der Waals surface area contributed by atoms with E-state index in [-0.39, 0.29) is 12.0 Å². The highest BCUT2D eigenvalue weighted by Crippen LogP contribution is 2.23. The Labute approximate surface area is 94.7 Å². The van der Waals surface area contributed by atoms with Gasteiger partial charge in [-0.3, -0.25) is 4.79 Å². The van der Waals surface area contributed by atoms with Crippen LogP contribution in [0.15, 0.2) is 24.3 Å². The molecule has 0 atom stereocenters. The third-order valence-corrected chi connectivity index (χ3v) is 2.88. The van der Waals surface area contributed by atoms with Gasteiger partial charge >= 0.3 is 5.97 Å². The molecule has 0 unspecified atom stereocenters. The van der Waals surface area contributed by atoms with Crippen molar-refractivity contribution in [2.45, 2.75) is 18.9 Å². The molecular weight excluding hydrogens is 204 g/mol. The monoisotopic (exact) mass is 220 g/mol. The third-order valence-electron chi connectivity index (χ3n) is 2.88. The molecule has 0 aromatic heterocycles. The number of carboxylic acids is 1. The van der Waals surface area contributed by atoms with Gasteiger partial charge in [0.15, 0.2) is 0 Å². The van der Waals surface area contributed by atoms with Gasteiger partial charge in [-0.15, -0.1) is 0 Å². The highest BCUT2D eigenvalue weighted by molar-refractivity contribution is 5.70. The van der Waals surface area contributed by atoms with Crippen molar-refractivity contribution in [3.8, 4) is 0 Å². The highest BCUT2D eigenvalue weighted by Gasteiger charge is 2.38. The minimum Gasteiger partial charge on any atom is -0.481 e. The lowest BCUT2D eigenvalue weighted by Gasteiger charge is -2.43. The first-order valence-electron chi connectivity index (χ1n) is 5.37. The predicted octanol–water partition coefficient (Wildman–Crippen LogP) is 1.22. The molecule has 0 amide bonds. The molecule has 86 valence electrons. The second-order valence-corrected chi connectivity index (χ2v) is 4.45. The third kappa shape index (κ3) is 2.33. The summed E-state index contributed by atoms with van der Waals surface area (Å²) in [6.07, 6.45) is 0.147. The molecule has 3 N–H and O–H groups in total. The molecule has 1 heterocycles. The zero-order chi connectivity index (χ0) is 11.6. The summed E-state index contributed by atoms with van der Waals surface area (Å²) < 4.78 is 0. The Morgan fingerprint density at radius 3 is 2.50 bits per heavy atom. The molecule has 1 aromatic carbocycles. The largest absolute Gasteiger partial charge is 0.481 e. The Kier molecular flexibility index (Phi) is 2.83. The maximum Gasteiger partial charge on any atom is 0.305 e. The lowest BCUT2D eigenvalue weighted by molar-refractivity contribution is -0.138. The van der Waals surface area contributed by atoms with E-state index in [2.05, 4.69) is 10.6 Å². The van der Waals surface area contributed by atoms with E-state index in [9.17, 15) is 4.79 Å². The maximum atomic E-state index is 10.8. The lowest BCUT2D eigenvalue weighted by atomic mass is 9.88. The molecule has 0 saturated carbocycles. The van der Waals surface area contributed by atoms with E-state index in [0.29, 0.717) is 13.1 Å². The second-order valence-electron chi connectivity index (χ2n) is 4.45. The summed E-state index contributed by atoms with van der Waals surface area (Å²) >= 11 is 0. The Balaban J connectivity index is 2.06. The number of benzene rings is 1. The number of rotatable bonds is 4. The van der Waals surface area contributed by atoms with E-state index in [0.717, 1.165) is 5.69 Å². The van der Waals surface area contributed by atoms with E-state index in [1.165, 1.54) is 5.56 Å².